The summed E-state index contributed by atoms with van der Waals surface area (Å²) < 4.78 is 62.9. The van der Waals surface area contributed by atoms with E-state index in [1.54, 1.807) is 0 Å². The van der Waals surface area contributed by atoms with Crippen LogP contribution in [0.1, 0.15) is 16.8 Å². The van der Waals surface area contributed by atoms with Gasteiger partial charge < -0.3 is 0 Å². The van der Waals surface area contributed by atoms with Crippen LogP contribution in [0.4, 0.5) is 22.0 Å². The molecule has 1 aromatic heterocycles. The fourth-order valence-electron chi connectivity index (χ4n) is 1.23. The second-order valence-corrected chi connectivity index (χ2v) is 3.00. The van der Waals surface area contributed by atoms with Gasteiger partial charge in [-0.25, -0.2) is 9.37 Å². The summed E-state index contributed by atoms with van der Waals surface area (Å²) in [5, 5.41) is 8.31. The molecule has 16 heavy (non-hydrogen) atoms. The number of halogens is 5. The summed E-state index contributed by atoms with van der Waals surface area (Å²) in [5.41, 5.74) is -2.67. The number of nitrogens with zero attached hydrogens (tertiary/aromatic N) is 2. The lowest BCUT2D eigenvalue weighted by molar-refractivity contribution is -0.142. The summed E-state index contributed by atoms with van der Waals surface area (Å²) in [6.07, 6.45) is -5.51. The summed E-state index contributed by atoms with van der Waals surface area (Å²) in [6, 6.07) is 1.47. The molecule has 0 saturated heterocycles. The molecule has 0 aliphatic heterocycles. The van der Waals surface area contributed by atoms with Crippen molar-refractivity contribution in [1.82, 2.24) is 4.98 Å². The van der Waals surface area contributed by atoms with Crippen LogP contribution in [0.3, 0.4) is 0 Å². The van der Waals surface area contributed by atoms with E-state index in [0.29, 0.717) is 0 Å². The zero-order valence-electron chi connectivity index (χ0n) is 7.99. The van der Waals surface area contributed by atoms with Gasteiger partial charge in [-0.1, -0.05) is 0 Å². The van der Waals surface area contributed by atoms with Crippen LogP contribution in [0.5, 0.6) is 0 Å². The first kappa shape index (κ1) is 12.4. The molecule has 0 aliphatic rings. The molecule has 2 nitrogen and oxygen atoms in total. The van der Waals surface area contributed by atoms with E-state index in [0.717, 1.165) is 6.92 Å². The smallest absolute Gasteiger partial charge is 0.212 e. The van der Waals surface area contributed by atoms with Gasteiger partial charge in [0, 0.05) is 5.56 Å². The SMILES string of the molecule is Cc1c(C(F)(F)F)nc(F)c(F)c1CC#N. The van der Waals surface area contributed by atoms with Crippen LogP contribution in [-0.4, -0.2) is 4.98 Å². The van der Waals surface area contributed by atoms with Gasteiger partial charge in [0.2, 0.25) is 5.95 Å². The van der Waals surface area contributed by atoms with Gasteiger partial charge in [-0.2, -0.15) is 22.8 Å². The van der Waals surface area contributed by atoms with Crippen molar-refractivity contribution in [3.63, 3.8) is 0 Å². The van der Waals surface area contributed by atoms with Crippen molar-refractivity contribution in [1.29, 1.82) is 5.26 Å². The molecule has 0 aromatic carbocycles. The van der Waals surface area contributed by atoms with Crippen molar-refractivity contribution in [3.05, 3.63) is 28.6 Å². The third-order valence-corrected chi connectivity index (χ3v) is 1.99. The van der Waals surface area contributed by atoms with Gasteiger partial charge in [0.05, 0.1) is 12.5 Å². The van der Waals surface area contributed by atoms with Gasteiger partial charge in [-0.3, -0.25) is 0 Å². The summed E-state index contributed by atoms with van der Waals surface area (Å²) in [6.45, 7) is 0.949. The highest BCUT2D eigenvalue weighted by Crippen LogP contribution is 2.32. The molecule has 0 N–H and O–H groups in total. The molecular weight excluding hydrogens is 231 g/mol. The van der Waals surface area contributed by atoms with Crippen LogP contribution in [0.2, 0.25) is 0 Å². The Labute approximate surface area is 87.3 Å². The van der Waals surface area contributed by atoms with E-state index in [1.807, 2.05) is 0 Å². The largest absolute Gasteiger partial charge is 0.433 e. The molecule has 0 amide bonds. The lowest BCUT2D eigenvalue weighted by Gasteiger charge is -2.12. The van der Waals surface area contributed by atoms with Gasteiger partial charge in [0.25, 0.3) is 0 Å². The molecule has 1 heterocycles. The van der Waals surface area contributed by atoms with E-state index in [9.17, 15) is 22.0 Å². The molecule has 0 atom stereocenters. The second-order valence-electron chi connectivity index (χ2n) is 3.00. The first-order valence-electron chi connectivity index (χ1n) is 4.07. The Morgan fingerprint density at radius 1 is 1.31 bits per heavy atom. The van der Waals surface area contributed by atoms with Crippen molar-refractivity contribution < 1.29 is 22.0 Å². The predicted molar refractivity (Wildman–Crippen MR) is 43.2 cm³/mol. The maximum absolute atomic E-state index is 13.1. The number of rotatable bonds is 1. The quantitative estimate of drug-likeness (QED) is 0.555. The fraction of sp³-hybridized carbons (Fsp3) is 0.333. The van der Waals surface area contributed by atoms with Crippen molar-refractivity contribution >= 4 is 0 Å². The molecule has 1 rings (SSSR count). The van der Waals surface area contributed by atoms with E-state index in [-0.39, 0.29) is 0 Å². The topological polar surface area (TPSA) is 36.7 Å². The zero-order valence-corrected chi connectivity index (χ0v) is 7.99. The van der Waals surface area contributed by atoms with Crippen LogP contribution in [-0.2, 0) is 12.6 Å². The summed E-state index contributed by atoms with van der Waals surface area (Å²) in [7, 11) is 0. The third kappa shape index (κ3) is 2.10. The minimum absolute atomic E-state index is 0.562. The lowest BCUT2D eigenvalue weighted by Crippen LogP contribution is -2.15. The van der Waals surface area contributed by atoms with E-state index in [2.05, 4.69) is 4.98 Å². The Bertz CT molecular complexity index is 458. The highest BCUT2D eigenvalue weighted by Gasteiger charge is 2.37. The standard InChI is InChI=1S/C9H5F5N2/c1-4-5(2-3-15)6(10)8(11)16-7(4)9(12,13)14/h2H2,1H3. The number of aromatic nitrogens is 1. The molecular formula is C9H5F5N2. The van der Waals surface area contributed by atoms with Crippen LogP contribution in [0.25, 0.3) is 0 Å². The van der Waals surface area contributed by atoms with Crippen LogP contribution >= 0.6 is 0 Å². The fourth-order valence-corrected chi connectivity index (χ4v) is 1.23. The first-order valence-corrected chi connectivity index (χ1v) is 4.07. The number of alkyl halides is 3. The molecule has 0 fully saturated rings. The van der Waals surface area contributed by atoms with Gasteiger partial charge in [0.15, 0.2) is 11.5 Å². The van der Waals surface area contributed by atoms with Crippen LogP contribution < -0.4 is 0 Å². The Balaban J connectivity index is 3.52. The zero-order chi connectivity index (χ0) is 12.5. The number of hydrogen-bond acceptors (Lipinski definition) is 2. The van der Waals surface area contributed by atoms with E-state index >= 15 is 0 Å². The summed E-state index contributed by atoms with van der Waals surface area (Å²) in [4.78, 5) is 2.51. The molecule has 0 bridgehead atoms. The van der Waals surface area contributed by atoms with Crippen molar-refractivity contribution in [3.8, 4) is 6.07 Å². The molecule has 7 heteroatoms. The van der Waals surface area contributed by atoms with Crippen LogP contribution in [0, 0.1) is 30.0 Å². The summed E-state index contributed by atoms with van der Waals surface area (Å²) in [5.74, 6) is -3.35. The van der Waals surface area contributed by atoms with Crippen molar-refractivity contribution in [2.75, 3.05) is 0 Å². The molecule has 1 aromatic rings. The molecule has 0 unspecified atom stereocenters. The van der Waals surface area contributed by atoms with E-state index in [1.165, 1.54) is 6.07 Å². The maximum atomic E-state index is 13.1. The molecule has 0 aliphatic carbocycles. The normalized spacial score (nSPS) is 11.3. The van der Waals surface area contributed by atoms with Crippen molar-refractivity contribution in [2.45, 2.75) is 19.5 Å². The highest BCUT2D eigenvalue weighted by molar-refractivity contribution is 5.34. The molecule has 0 saturated carbocycles. The second kappa shape index (κ2) is 4.04. The first-order chi connectivity index (χ1) is 7.29. The van der Waals surface area contributed by atoms with Gasteiger partial charge >= 0.3 is 6.18 Å². The average Bonchev–Trinajstić information content (AvgIpc) is 2.16. The predicted octanol–water partition coefficient (Wildman–Crippen LogP) is 2.75. The number of nitriles is 1. The van der Waals surface area contributed by atoms with Gasteiger partial charge in [-0.15, -0.1) is 0 Å². The minimum atomic E-state index is -4.87. The Kier molecular flexibility index (Phi) is 3.12. The Morgan fingerprint density at radius 3 is 2.31 bits per heavy atom. The van der Waals surface area contributed by atoms with Gasteiger partial charge in [0.1, 0.15) is 0 Å². The van der Waals surface area contributed by atoms with Crippen LogP contribution in [0.15, 0.2) is 0 Å². The third-order valence-electron chi connectivity index (χ3n) is 1.99. The van der Waals surface area contributed by atoms with Gasteiger partial charge in [-0.05, 0) is 12.5 Å². The van der Waals surface area contributed by atoms with E-state index in [4.69, 9.17) is 5.26 Å². The molecule has 86 valence electrons. The molecule has 0 spiro atoms. The lowest BCUT2D eigenvalue weighted by atomic mass is 10.0. The monoisotopic (exact) mass is 236 g/mol. The Hall–Kier alpha value is -1.71. The van der Waals surface area contributed by atoms with Crippen molar-refractivity contribution in [2.24, 2.45) is 0 Å². The maximum Gasteiger partial charge on any atom is 0.433 e. The highest BCUT2D eigenvalue weighted by atomic mass is 19.4. The van der Waals surface area contributed by atoms with E-state index < -0.39 is 41.2 Å². The molecule has 0 radical (unpaired) electrons. The average molecular weight is 236 g/mol. The summed E-state index contributed by atoms with van der Waals surface area (Å²) >= 11 is 0. The minimum Gasteiger partial charge on any atom is -0.212 e. The Morgan fingerprint density at radius 2 is 1.88 bits per heavy atom. The number of hydrogen-bond donors (Lipinski definition) is 0. The number of pyridine rings is 1.